The third-order valence-corrected chi connectivity index (χ3v) is 2.29. The minimum Gasteiger partial charge on any atom is -0.219 e. The van der Waals surface area contributed by atoms with Gasteiger partial charge in [-0.15, -0.1) is 0 Å². The SMILES string of the molecule is CCCCCCCC(CC)OOOO. The highest BCUT2D eigenvalue weighted by Gasteiger charge is 2.07. The van der Waals surface area contributed by atoms with Crippen LogP contribution in [0.15, 0.2) is 0 Å². The van der Waals surface area contributed by atoms with Gasteiger partial charge in [0.05, 0.1) is 6.10 Å². The molecule has 0 spiro atoms. The molecule has 0 heterocycles. The number of hydrogen-bond acceptors (Lipinski definition) is 4. The van der Waals surface area contributed by atoms with Crippen LogP contribution in [0.25, 0.3) is 0 Å². The molecule has 4 nitrogen and oxygen atoms in total. The van der Waals surface area contributed by atoms with Crippen LogP contribution in [-0.4, -0.2) is 11.4 Å². The molecule has 4 heteroatoms. The molecule has 0 bridgehead atoms. The van der Waals surface area contributed by atoms with E-state index in [9.17, 15) is 0 Å². The number of rotatable bonds is 10. The molecule has 0 aliphatic carbocycles. The fourth-order valence-electron chi connectivity index (χ4n) is 1.37. The van der Waals surface area contributed by atoms with E-state index >= 15 is 0 Å². The van der Waals surface area contributed by atoms with Gasteiger partial charge in [0.15, 0.2) is 0 Å². The summed E-state index contributed by atoms with van der Waals surface area (Å²) in [6.07, 6.45) is 8.03. The monoisotopic (exact) mass is 206 g/mol. The fourth-order valence-corrected chi connectivity index (χ4v) is 1.37. The van der Waals surface area contributed by atoms with Crippen LogP contribution in [0.3, 0.4) is 0 Å². The molecule has 86 valence electrons. The van der Waals surface area contributed by atoms with Crippen molar-refractivity contribution in [3.05, 3.63) is 0 Å². The van der Waals surface area contributed by atoms with Gasteiger partial charge in [-0.3, -0.25) is 0 Å². The predicted octanol–water partition coefficient (Wildman–Crippen LogP) is 3.48. The number of unbranched alkanes of at least 4 members (excludes halogenated alkanes) is 4. The van der Waals surface area contributed by atoms with Crippen LogP contribution in [0.5, 0.6) is 0 Å². The summed E-state index contributed by atoms with van der Waals surface area (Å²) in [6, 6.07) is 0. The lowest BCUT2D eigenvalue weighted by atomic mass is 10.1. The summed E-state index contributed by atoms with van der Waals surface area (Å²) >= 11 is 0. The highest BCUT2D eigenvalue weighted by atomic mass is 17.6. The zero-order valence-corrected chi connectivity index (χ0v) is 9.20. The van der Waals surface area contributed by atoms with Crippen molar-refractivity contribution in [2.45, 2.75) is 64.9 Å². The van der Waals surface area contributed by atoms with E-state index in [1.165, 1.54) is 25.7 Å². The summed E-state index contributed by atoms with van der Waals surface area (Å²) in [4.78, 5) is 4.77. The molecule has 0 aromatic carbocycles. The van der Waals surface area contributed by atoms with Crippen molar-refractivity contribution in [2.75, 3.05) is 0 Å². The summed E-state index contributed by atoms with van der Waals surface area (Å²) in [7, 11) is 0. The highest BCUT2D eigenvalue weighted by Crippen LogP contribution is 2.11. The van der Waals surface area contributed by atoms with Gasteiger partial charge in [-0.05, 0) is 22.9 Å². The lowest BCUT2D eigenvalue weighted by molar-refractivity contribution is -0.631. The Morgan fingerprint density at radius 3 is 2.36 bits per heavy atom. The summed E-state index contributed by atoms with van der Waals surface area (Å²) in [5, 5.41) is 15.3. The van der Waals surface area contributed by atoms with Gasteiger partial charge < -0.3 is 0 Å². The van der Waals surface area contributed by atoms with E-state index < -0.39 is 0 Å². The van der Waals surface area contributed by atoms with E-state index in [-0.39, 0.29) is 6.10 Å². The second kappa shape index (κ2) is 10.9. The molecule has 1 atom stereocenters. The average Bonchev–Trinajstić information content (AvgIpc) is 2.22. The lowest BCUT2D eigenvalue weighted by Gasteiger charge is -2.11. The van der Waals surface area contributed by atoms with Gasteiger partial charge in [-0.1, -0.05) is 46.0 Å². The third-order valence-electron chi connectivity index (χ3n) is 2.29. The third kappa shape index (κ3) is 8.44. The maximum atomic E-state index is 7.90. The normalized spacial score (nSPS) is 13.1. The Hall–Kier alpha value is -0.160. The molecular formula is C10H22O4. The Morgan fingerprint density at radius 2 is 1.79 bits per heavy atom. The molecule has 0 saturated heterocycles. The quantitative estimate of drug-likeness (QED) is 0.338. The minimum atomic E-state index is 0.0174. The molecule has 0 aliphatic heterocycles. The summed E-state index contributed by atoms with van der Waals surface area (Å²) in [5.41, 5.74) is 0. The molecule has 1 N–H and O–H groups in total. The van der Waals surface area contributed by atoms with Crippen LogP contribution in [-0.2, 0) is 15.0 Å². The predicted molar refractivity (Wildman–Crippen MR) is 53.3 cm³/mol. The second-order valence-corrected chi connectivity index (χ2v) is 3.47. The molecule has 0 aliphatic rings. The van der Waals surface area contributed by atoms with E-state index in [1.807, 2.05) is 6.92 Å². The Balaban J connectivity index is 3.24. The minimum absolute atomic E-state index is 0.0174. The van der Waals surface area contributed by atoms with Gasteiger partial charge in [0, 0.05) is 0 Å². The van der Waals surface area contributed by atoms with Crippen LogP contribution in [0.2, 0.25) is 0 Å². The summed E-state index contributed by atoms with van der Waals surface area (Å²) in [5.74, 6) is 0. The van der Waals surface area contributed by atoms with E-state index in [2.05, 4.69) is 17.0 Å². The molecule has 1 unspecified atom stereocenters. The molecule has 0 rings (SSSR count). The Kier molecular flexibility index (Phi) is 10.8. The van der Waals surface area contributed by atoms with Crippen LogP contribution in [0.4, 0.5) is 0 Å². The smallest absolute Gasteiger partial charge is 0.0959 e. The van der Waals surface area contributed by atoms with E-state index in [4.69, 9.17) is 10.1 Å². The molecule has 0 amide bonds. The standard InChI is InChI=1S/C10H22O4/c1-3-5-6-7-8-9-10(4-2)12-14-13-11/h10-11H,3-9H2,1-2H3. The van der Waals surface area contributed by atoms with Gasteiger partial charge in [-0.2, -0.15) is 0 Å². The molecular weight excluding hydrogens is 184 g/mol. The van der Waals surface area contributed by atoms with Crippen molar-refractivity contribution in [1.82, 2.24) is 0 Å². The molecule has 0 fully saturated rings. The molecule has 0 radical (unpaired) electrons. The Labute approximate surface area is 85.9 Å². The van der Waals surface area contributed by atoms with E-state index in [1.54, 1.807) is 0 Å². The molecule has 14 heavy (non-hydrogen) atoms. The van der Waals surface area contributed by atoms with Crippen molar-refractivity contribution < 1.29 is 20.2 Å². The fraction of sp³-hybridized carbons (Fsp3) is 1.00. The van der Waals surface area contributed by atoms with Gasteiger partial charge in [0.2, 0.25) is 0 Å². The van der Waals surface area contributed by atoms with Gasteiger partial charge in [0.1, 0.15) is 0 Å². The van der Waals surface area contributed by atoms with E-state index in [0.29, 0.717) is 0 Å². The zero-order valence-electron chi connectivity index (χ0n) is 9.20. The lowest BCUT2D eigenvalue weighted by Crippen LogP contribution is -2.11. The van der Waals surface area contributed by atoms with Crippen LogP contribution >= 0.6 is 0 Å². The Morgan fingerprint density at radius 1 is 1.07 bits per heavy atom. The molecule has 0 aromatic rings. The Bertz CT molecular complexity index is 108. The van der Waals surface area contributed by atoms with Crippen molar-refractivity contribution in [1.29, 1.82) is 0 Å². The zero-order chi connectivity index (χ0) is 10.6. The van der Waals surface area contributed by atoms with Gasteiger partial charge in [-0.25, -0.2) is 10.1 Å². The average molecular weight is 206 g/mol. The van der Waals surface area contributed by atoms with Gasteiger partial charge in [0.25, 0.3) is 0 Å². The van der Waals surface area contributed by atoms with Gasteiger partial charge >= 0.3 is 0 Å². The second-order valence-electron chi connectivity index (χ2n) is 3.47. The summed E-state index contributed by atoms with van der Waals surface area (Å²) in [6.45, 7) is 4.21. The van der Waals surface area contributed by atoms with Crippen molar-refractivity contribution in [3.63, 3.8) is 0 Å². The van der Waals surface area contributed by atoms with Crippen LogP contribution in [0, 0.1) is 0 Å². The van der Waals surface area contributed by atoms with Crippen molar-refractivity contribution in [2.24, 2.45) is 0 Å². The first-order chi connectivity index (χ1) is 6.85. The van der Waals surface area contributed by atoms with Crippen LogP contribution < -0.4 is 0 Å². The topological polar surface area (TPSA) is 47.9 Å². The van der Waals surface area contributed by atoms with E-state index in [0.717, 1.165) is 19.3 Å². The largest absolute Gasteiger partial charge is 0.219 e. The van der Waals surface area contributed by atoms with Crippen LogP contribution in [0.1, 0.15) is 58.8 Å². The van der Waals surface area contributed by atoms with Crippen molar-refractivity contribution >= 4 is 0 Å². The highest BCUT2D eigenvalue weighted by molar-refractivity contribution is 4.53. The first-order valence-electron chi connectivity index (χ1n) is 5.48. The summed E-state index contributed by atoms with van der Waals surface area (Å²) < 4.78 is 0. The number of hydrogen-bond donors (Lipinski definition) is 1. The maximum absolute atomic E-state index is 7.90. The maximum Gasteiger partial charge on any atom is 0.0959 e. The molecule has 0 saturated carbocycles. The first-order valence-corrected chi connectivity index (χ1v) is 5.48. The molecule has 0 aromatic heterocycles. The van der Waals surface area contributed by atoms with Crippen molar-refractivity contribution in [3.8, 4) is 0 Å². The first kappa shape index (κ1) is 13.8.